The quantitative estimate of drug-likeness (QED) is 0.733. The van der Waals surface area contributed by atoms with Crippen LogP contribution in [0.3, 0.4) is 0 Å². The highest BCUT2D eigenvalue weighted by Crippen LogP contribution is 2.49. The van der Waals surface area contributed by atoms with Gasteiger partial charge in [-0.05, 0) is 56.0 Å². The molecule has 0 amide bonds. The molecule has 3 N–H and O–H groups in total. The minimum atomic E-state index is 0.240. The van der Waals surface area contributed by atoms with Crippen LogP contribution in [0.2, 0.25) is 0 Å². The van der Waals surface area contributed by atoms with Crippen molar-refractivity contribution < 1.29 is 5.11 Å². The molecule has 1 aliphatic carbocycles. The van der Waals surface area contributed by atoms with E-state index in [1.165, 1.54) is 19.6 Å². The van der Waals surface area contributed by atoms with Gasteiger partial charge in [0.05, 0.1) is 17.4 Å². The number of piperidine rings is 1. The monoisotopic (exact) mass is 392 g/mol. The van der Waals surface area contributed by atoms with E-state index in [2.05, 4.69) is 43.6 Å². The molecule has 29 heavy (non-hydrogen) atoms. The van der Waals surface area contributed by atoms with E-state index < -0.39 is 0 Å². The zero-order chi connectivity index (χ0) is 19.5. The van der Waals surface area contributed by atoms with Crippen molar-refractivity contribution in [3.8, 4) is 17.0 Å². The van der Waals surface area contributed by atoms with Crippen molar-refractivity contribution in [1.29, 1.82) is 0 Å². The van der Waals surface area contributed by atoms with E-state index in [9.17, 15) is 5.11 Å². The van der Waals surface area contributed by atoms with E-state index in [4.69, 9.17) is 0 Å². The van der Waals surface area contributed by atoms with E-state index in [-0.39, 0.29) is 5.75 Å². The fraction of sp³-hybridized carbons (Fsp3) is 0.545. The number of hydrogen-bond acceptors (Lipinski definition) is 7. The highest BCUT2D eigenvalue weighted by molar-refractivity contribution is 5.76. The third kappa shape index (κ3) is 2.87. The summed E-state index contributed by atoms with van der Waals surface area (Å²) in [6.45, 7) is 9.03. The third-order valence-corrected chi connectivity index (χ3v) is 7.45. The maximum absolute atomic E-state index is 10.2. The smallest absolute Gasteiger partial charge is 0.172 e. The van der Waals surface area contributed by atoms with Crippen molar-refractivity contribution in [2.24, 2.45) is 17.8 Å². The molecule has 1 aromatic carbocycles. The standard InChI is InChI=1S/C22H28N6O/c1-13-10-28-14(11-27(13)12-18-16-8-23-9-17(16)18)7-24-22-20(28)6-19(25-26-22)15-4-2-3-5-21(15)29/h2-6,13-14,16-18,23,29H,7-12H2,1H3,(H,24,26)/t13-,14-,16-,17+,18?/m0/s1. The van der Waals surface area contributed by atoms with Crippen LogP contribution in [0.25, 0.3) is 11.3 Å². The molecule has 3 aliphatic heterocycles. The van der Waals surface area contributed by atoms with Crippen LogP contribution in [0.5, 0.6) is 5.75 Å². The highest BCUT2D eigenvalue weighted by Gasteiger charge is 2.53. The van der Waals surface area contributed by atoms with Crippen LogP contribution >= 0.6 is 0 Å². The number of para-hydroxylation sites is 1. The lowest BCUT2D eigenvalue weighted by Crippen LogP contribution is -2.61. The summed E-state index contributed by atoms with van der Waals surface area (Å²) in [7, 11) is 0. The number of aromatic hydroxyl groups is 1. The number of rotatable bonds is 3. The van der Waals surface area contributed by atoms with Gasteiger partial charge in [0.2, 0.25) is 0 Å². The van der Waals surface area contributed by atoms with E-state index in [0.717, 1.165) is 60.2 Å². The van der Waals surface area contributed by atoms with E-state index in [0.29, 0.717) is 12.1 Å². The number of nitrogens with zero attached hydrogens (tertiary/aromatic N) is 4. The van der Waals surface area contributed by atoms with Crippen LogP contribution in [-0.4, -0.2) is 71.6 Å². The van der Waals surface area contributed by atoms with Crippen LogP contribution in [0.15, 0.2) is 30.3 Å². The maximum atomic E-state index is 10.2. The Balaban J connectivity index is 1.24. The molecule has 2 aromatic rings. The number of phenols is 1. The maximum Gasteiger partial charge on any atom is 0.172 e. The van der Waals surface area contributed by atoms with Gasteiger partial charge >= 0.3 is 0 Å². The normalized spacial score (nSPS) is 32.9. The Kier molecular flexibility index (Phi) is 3.96. The number of phenolic OH excluding ortho intramolecular Hbond substituents is 1. The summed E-state index contributed by atoms with van der Waals surface area (Å²) in [5.74, 6) is 3.82. The summed E-state index contributed by atoms with van der Waals surface area (Å²) < 4.78 is 0. The first-order valence-corrected chi connectivity index (χ1v) is 10.8. The van der Waals surface area contributed by atoms with Crippen LogP contribution in [0, 0.1) is 17.8 Å². The number of piperazine rings is 1. The number of anilines is 2. The Labute approximate surface area is 171 Å². The Hall–Kier alpha value is -2.38. The zero-order valence-corrected chi connectivity index (χ0v) is 16.8. The lowest BCUT2D eigenvalue weighted by Gasteiger charge is -2.49. The summed E-state index contributed by atoms with van der Waals surface area (Å²) >= 11 is 0. The van der Waals surface area contributed by atoms with E-state index >= 15 is 0 Å². The summed E-state index contributed by atoms with van der Waals surface area (Å²) in [5, 5.41) is 26.0. The molecule has 1 aromatic heterocycles. The minimum absolute atomic E-state index is 0.240. The average Bonchev–Trinajstić information content (AvgIpc) is 3.15. The van der Waals surface area contributed by atoms with Crippen molar-refractivity contribution in [3.05, 3.63) is 30.3 Å². The molecule has 1 saturated carbocycles. The molecule has 7 heteroatoms. The molecule has 4 aliphatic rings. The van der Waals surface area contributed by atoms with Crippen LogP contribution in [-0.2, 0) is 0 Å². The van der Waals surface area contributed by atoms with Crippen molar-refractivity contribution in [1.82, 2.24) is 20.4 Å². The number of fused-ring (bicyclic) bond motifs is 4. The number of benzene rings is 1. The zero-order valence-electron chi connectivity index (χ0n) is 16.8. The van der Waals surface area contributed by atoms with Gasteiger partial charge in [0.25, 0.3) is 0 Å². The Morgan fingerprint density at radius 2 is 1.93 bits per heavy atom. The molecule has 3 fully saturated rings. The summed E-state index contributed by atoms with van der Waals surface area (Å²) in [5.41, 5.74) is 2.55. The van der Waals surface area contributed by atoms with Gasteiger partial charge in [-0.1, -0.05) is 12.1 Å². The largest absolute Gasteiger partial charge is 0.507 e. The Morgan fingerprint density at radius 1 is 1.10 bits per heavy atom. The Bertz CT molecular complexity index is 925. The van der Waals surface area contributed by atoms with Gasteiger partial charge in [-0.2, -0.15) is 0 Å². The molecular weight excluding hydrogens is 364 g/mol. The molecule has 5 atom stereocenters. The highest BCUT2D eigenvalue weighted by atomic mass is 16.3. The average molecular weight is 393 g/mol. The lowest BCUT2D eigenvalue weighted by atomic mass is 10.0. The number of nitrogens with one attached hydrogen (secondary N) is 2. The number of aromatic nitrogens is 2. The van der Waals surface area contributed by atoms with Gasteiger partial charge in [-0.3, -0.25) is 4.90 Å². The van der Waals surface area contributed by atoms with Gasteiger partial charge in [-0.25, -0.2) is 0 Å². The second-order valence-electron chi connectivity index (χ2n) is 9.12. The fourth-order valence-electron chi connectivity index (χ4n) is 5.67. The van der Waals surface area contributed by atoms with Crippen LogP contribution in [0.4, 0.5) is 11.5 Å². The van der Waals surface area contributed by atoms with Crippen molar-refractivity contribution >= 4 is 11.5 Å². The third-order valence-electron chi connectivity index (χ3n) is 7.45. The van der Waals surface area contributed by atoms with Gasteiger partial charge in [0.15, 0.2) is 5.82 Å². The first-order chi connectivity index (χ1) is 14.2. The Morgan fingerprint density at radius 3 is 2.76 bits per heavy atom. The molecule has 0 bridgehead atoms. The summed E-state index contributed by atoms with van der Waals surface area (Å²) in [4.78, 5) is 5.20. The number of hydrogen-bond donors (Lipinski definition) is 3. The molecule has 2 saturated heterocycles. The molecule has 0 spiro atoms. The molecule has 6 rings (SSSR count). The molecule has 0 radical (unpaired) electrons. The molecule has 7 nitrogen and oxygen atoms in total. The van der Waals surface area contributed by atoms with Crippen LogP contribution in [0.1, 0.15) is 6.92 Å². The van der Waals surface area contributed by atoms with Crippen molar-refractivity contribution in [3.63, 3.8) is 0 Å². The molecular formula is C22H28N6O. The van der Waals surface area contributed by atoms with Crippen LogP contribution < -0.4 is 15.5 Å². The van der Waals surface area contributed by atoms with Crippen molar-refractivity contribution in [2.75, 3.05) is 49.5 Å². The van der Waals surface area contributed by atoms with Crippen molar-refractivity contribution in [2.45, 2.75) is 19.0 Å². The SMILES string of the molecule is C[C@H]1CN2c3cc(-c4ccccc4O)nnc3NC[C@H]2CN1CC1[C@H]2CNC[C@@H]12. The topological polar surface area (TPSA) is 76.5 Å². The predicted molar refractivity (Wildman–Crippen MR) is 113 cm³/mol. The molecule has 1 unspecified atom stereocenters. The summed E-state index contributed by atoms with van der Waals surface area (Å²) in [6.07, 6.45) is 0. The van der Waals surface area contributed by atoms with Gasteiger partial charge < -0.3 is 20.6 Å². The lowest BCUT2D eigenvalue weighted by molar-refractivity contribution is 0.150. The summed E-state index contributed by atoms with van der Waals surface area (Å²) in [6, 6.07) is 10.4. The second-order valence-corrected chi connectivity index (χ2v) is 9.12. The first-order valence-electron chi connectivity index (χ1n) is 10.8. The molecule has 152 valence electrons. The first kappa shape index (κ1) is 17.5. The fourth-order valence-corrected chi connectivity index (χ4v) is 5.67. The minimum Gasteiger partial charge on any atom is -0.507 e. The van der Waals surface area contributed by atoms with E-state index in [1.807, 2.05) is 18.2 Å². The van der Waals surface area contributed by atoms with Gasteiger partial charge in [0.1, 0.15) is 5.75 Å². The second kappa shape index (κ2) is 6.57. The van der Waals surface area contributed by atoms with Gasteiger partial charge in [0, 0.05) is 37.8 Å². The predicted octanol–water partition coefficient (Wildman–Crippen LogP) is 1.62. The van der Waals surface area contributed by atoms with E-state index in [1.54, 1.807) is 6.07 Å². The van der Waals surface area contributed by atoms with Gasteiger partial charge in [-0.15, -0.1) is 10.2 Å². The molecule has 4 heterocycles.